The molecule has 1 atom stereocenters. The van der Waals surface area contributed by atoms with Crippen molar-refractivity contribution in [1.29, 1.82) is 0 Å². The van der Waals surface area contributed by atoms with Gasteiger partial charge in [0.15, 0.2) is 0 Å². The molecule has 1 unspecified atom stereocenters. The molecule has 0 saturated carbocycles. The van der Waals surface area contributed by atoms with Gasteiger partial charge in [-0.3, -0.25) is 4.79 Å². The van der Waals surface area contributed by atoms with Crippen LogP contribution in [0.1, 0.15) is 28.3 Å². The highest BCUT2D eigenvalue weighted by atomic mass is 32.1. The van der Waals surface area contributed by atoms with Crippen LogP contribution in [-0.4, -0.2) is 5.91 Å². The third-order valence-electron chi connectivity index (χ3n) is 4.39. The Hall–Kier alpha value is -2.82. The number of nitrogens with one attached hydrogen (secondary N) is 1. The Kier molecular flexibility index (Phi) is 3.69. The molecule has 5 nitrogen and oxygen atoms in total. The predicted octanol–water partition coefficient (Wildman–Crippen LogP) is 5.19. The van der Waals surface area contributed by atoms with Crippen LogP contribution in [0.2, 0.25) is 0 Å². The average molecular weight is 334 g/mol. The zero-order chi connectivity index (χ0) is 16.5. The van der Waals surface area contributed by atoms with Gasteiger partial charge in [0.25, 0.3) is 0 Å². The van der Waals surface area contributed by atoms with Gasteiger partial charge in [-0.2, -0.15) is 0 Å². The fourth-order valence-corrected chi connectivity index (χ4v) is 4.37. The summed E-state index contributed by atoms with van der Waals surface area (Å²) in [5.74, 6) is 0.0224. The van der Waals surface area contributed by atoms with Crippen molar-refractivity contribution in [3.05, 3.63) is 74.3 Å². The Balaban J connectivity index is 1.88. The van der Waals surface area contributed by atoms with Gasteiger partial charge in [-0.25, -0.2) is 0 Å². The first-order valence-electron chi connectivity index (χ1n) is 7.66. The summed E-state index contributed by atoms with van der Waals surface area (Å²) in [7, 11) is 0. The summed E-state index contributed by atoms with van der Waals surface area (Å²) in [5, 5.41) is 10.9. The molecule has 3 aromatic rings. The van der Waals surface area contributed by atoms with Crippen LogP contribution in [0.4, 0.5) is 5.69 Å². The number of thiophene rings is 1. The van der Waals surface area contributed by atoms with E-state index < -0.39 is 0 Å². The van der Waals surface area contributed by atoms with Crippen LogP contribution in [0.15, 0.2) is 53.0 Å². The Morgan fingerprint density at radius 1 is 1.25 bits per heavy atom. The highest BCUT2D eigenvalue weighted by Crippen LogP contribution is 2.43. The summed E-state index contributed by atoms with van der Waals surface area (Å²) in [6, 6.07) is 14.2. The van der Waals surface area contributed by atoms with Crippen molar-refractivity contribution in [2.45, 2.75) is 18.9 Å². The first-order valence-corrected chi connectivity index (χ1v) is 8.54. The van der Waals surface area contributed by atoms with Crippen LogP contribution >= 0.6 is 11.3 Å². The Bertz CT molecular complexity index is 988. The summed E-state index contributed by atoms with van der Waals surface area (Å²) in [4.78, 5) is 16.3. The first-order chi connectivity index (χ1) is 11.8. The molecule has 2 heterocycles. The number of benzene rings is 2. The molecule has 0 bridgehead atoms. The van der Waals surface area contributed by atoms with Crippen molar-refractivity contribution >= 4 is 33.7 Å². The number of hydrogen-bond acceptors (Lipinski definition) is 3. The lowest BCUT2D eigenvalue weighted by Gasteiger charge is -2.27. The van der Waals surface area contributed by atoms with E-state index >= 15 is 0 Å². The fraction of sp³-hybridized carbons (Fsp3) is 0.167. The minimum absolute atomic E-state index is 0.00208. The van der Waals surface area contributed by atoms with Gasteiger partial charge < -0.3 is 5.32 Å². The highest BCUT2D eigenvalue weighted by molar-refractivity contribution is 7.10. The van der Waals surface area contributed by atoms with E-state index in [0.717, 1.165) is 32.5 Å². The van der Waals surface area contributed by atoms with E-state index in [2.05, 4.69) is 27.5 Å². The fourth-order valence-electron chi connectivity index (χ4n) is 3.33. The van der Waals surface area contributed by atoms with Crippen LogP contribution in [0.3, 0.4) is 0 Å². The van der Waals surface area contributed by atoms with Crippen molar-refractivity contribution in [2.75, 3.05) is 5.32 Å². The maximum atomic E-state index is 12.3. The van der Waals surface area contributed by atoms with Gasteiger partial charge in [-0.15, -0.1) is 11.3 Å². The molecule has 1 aromatic heterocycles. The molecule has 0 spiro atoms. The van der Waals surface area contributed by atoms with E-state index in [0.29, 0.717) is 13.0 Å². The largest absolute Gasteiger partial charge is 0.325 e. The van der Waals surface area contributed by atoms with E-state index in [9.17, 15) is 4.79 Å². The number of hydrogen-bond donors (Lipinski definition) is 1. The summed E-state index contributed by atoms with van der Waals surface area (Å²) >= 11 is 1.61. The second-order valence-electron chi connectivity index (χ2n) is 5.75. The Morgan fingerprint density at radius 3 is 3.00 bits per heavy atom. The number of rotatable bonds is 3. The summed E-state index contributed by atoms with van der Waals surface area (Å²) in [5.41, 5.74) is 11.6. The summed E-state index contributed by atoms with van der Waals surface area (Å²) < 4.78 is 0. The van der Waals surface area contributed by atoms with Crippen LogP contribution in [0, 0.1) is 0 Å². The van der Waals surface area contributed by atoms with E-state index in [1.54, 1.807) is 11.3 Å². The van der Waals surface area contributed by atoms with Gasteiger partial charge in [0.05, 0.1) is 12.2 Å². The van der Waals surface area contributed by atoms with Crippen LogP contribution in [0.5, 0.6) is 0 Å². The van der Waals surface area contributed by atoms with Gasteiger partial charge >= 0.3 is 0 Å². The smallest absolute Gasteiger partial charge is 0.225 e. The SMILES string of the molecule is [N-]=[N+]=NCc1ccsc1C1CC(=O)Nc2c1ccc1ccccc21. The molecular formula is C18H14N4OS. The zero-order valence-electron chi connectivity index (χ0n) is 12.8. The number of azide groups is 1. The molecule has 0 fully saturated rings. The van der Waals surface area contributed by atoms with Crippen molar-refractivity contribution in [2.24, 2.45) is 5.11 Å². The number of fused-ring (bicyclic) bond motifs is 3. The van der Waals surface area contributed by atoms with Gasteiger partial charge in [-0.1, -0.05) is 41.5 Å². The number of carbonyl (C=O) groups is 1. The first kappa shape index (κ1) is 14.8. The molecule has 1 aliphatic heterocycles. The number of amides is 1. The number of carbonyl (C=O) groups excluding carboxylic acids is 1. The van der Waals surface area contributed by atoms with Crippen LogP contribution in [-0.2, 0) is 11.3 Å². The van der Waals surface area contributed by atoms with Crippen molar-refractivity contribution < 1.29 is 4.79 Å². The topological polar surface area (TPSA) is 77.9 Å². The molecule has 6 heteroatoms. The molecule has 0 aliphatic carbocycles. The lowest BCUT2D eigenvalue weighted by Crippen LogP contribution is -2.23. The minimum Gasteiger partial charge on any atom is -0.325 e. The Morgan fingerprint density at radius 2 is 2.12 bits per heavy atom. The van der Waals surface area contributed by atoms with E-state index in [4.69, 9.17) is 5.53 Å². The number of nitrogens with zero attached hydrogens (tertiary/aromatic N) is 3. The molecule has 2 aromatic carbocycles. The number of anilines is 1. The molecule has 24 heavy (non-hydrogen) atoms. The molecule has 4 rings (SSSR count). The minimum atomic E-state index is 0.00208. The molecule has 1 amide bonds. The normalized spacial score (nSPS) is 16.3. The van der Waals surface area contributed by atoms with Crippen LogP contribution < -0.4 is 5.32 Å². The summed E-state index contributed by atoms with van der Waals surface area (Å²) in [6.07, 6.45) is 0.412. The zero-order valence-corrected chi connectivity index (χ0v) is 13.6. The molecule has 0 saturated heterocycles. The third-order valence-corrected chi connectivity index (χ3v) is 5.46. The lowest BCUT2D eigenvalue weighted by atomic mass is 9.86. The van der Waals surface area contributed by atoms with E-state index in [1.807, 2.05) is 35.7 Å². The van der Waals surface area contributed by atoms with E-state index in [1.165, 1.54) is 0 Å². The van der Waals surface area contributed by atoms with Gasteiger partial charge in [0, 0.05) is 27.5 Å². The van der Waals surface area contributed by atoms with Crippen molar-refractivity contribution in [3.63, 3.8) is 0 Å². The van der Waals surface area contributed by atoms with Gasteiger partial charge in [0.1, 0.15) is 0 Å². The predicted molar refractivity (Wildman–Crippen MR) is 96.2 cm³/mol. The van der Waals surface area contributed by atoms with Gasteiger partial charge in [0.2, 0.25) is 5.91 Å². The Labute approximate surface area is 142 Å². The van der Waals surface area contributed by atoms with Gasteiger partial charge in [-0.05, 0) is 33.5 Å². The average Bonchev–Trinajstić information content (AvgIpc) is 3.07. The molecule has 1 aliphatic rings. The molecule has 0 radical (unpaired) electrons. The highest BCUT2D eigenvalue weighted by Gasteiger charge is 2.29. The summed E-state index contributed by atoms with van der Waals surface area (Å²) in [6.45, 7) is 0.316. The third kappa shape index (κ3) is 2.42. The van der Waals surface area contributed by atoms with Crippen molar-refractivity contribution in [1.82, 2.24) is 0 Å². The van der Waals surface area contributed by atoms with Crippen LogP contribution in [0.25, 0.3) is 21.2 Å². The quantitative estimate of drug-likeness (QED) is 0.399. The maximum absolute atomic E-state index is 12.3. The molecule has 118 valence electrons. The second kappa shape index (κ2) is 6.00. The molecule has 1 N–H and O–H groups in total. The lowest BCUT2D eigenvalue weighted by molar-refractivity contribution is -0.116. The monoisotopic (exact) mass is 334 g/mol. The molecular weight excluding hydrogens is 320 g/mol. The maximum Gasteiger partial charge on any atom is 0.225 e. The van der Waals surface area contributed by atoms with E-state index in [-0.39, 0.29) is 11.8 Å². The standard InChI is InChI=1S/C18H14N4OS/c19-22-20-10-12-7-8-24-18(12)15-9-16(23)21-17-13-4-2-1-3-11(13)5-6-14(15)17/h1-8,15H,9-10H2,(H,21,23). The second-order valence-corrected chi connectivity index (χ2v) is 6.70. The van der Waals surface area contributed by atoms with Crippen molar-refractivity contribution in [3.8, 4) is 0 Å².